The maximum absolute atomic E-state index is 3.71. The Labute approximate surface area is 98.0 Å². The molecule has 0 atom stereocenters. The zero-order valence-electron chi connectivity index (χ0n) is 10.00. The van der Waals surface area contributed by atoms with Crippen molar-refractivity contribution in [2.45, 2.75) is 26.3 Å². The van der Waals surface area contributed by atoms with Crippen LogP contribution in [0.15, 0.2) is 31.0 Å². The normalized spacial score (nSPS) is 16.3. The Morgan fingerprint density at radius 3 is 2.81 bits per heavy atom. The van der Waals surface area contributed by atoms with Gasteiger partial charge >= 0.3 is 0 Å². The summed E-state index contributed by atoms with van der Waals surface area (Å²) in [5.41, 5.74) is 3.83. The summed E-state index contributed by atoms with van der Waals surface area (Å²) in [7, 11) is 0. The molecule has 1 N–H and O–H groups in total. The third-order valence-electron chi connectivity index (χ3n) is 3.16. The molecule has 0 unspecified atom stereocenters. The molecule has 2 heteroatoms. The zero-order valence-corrected chi connectivity index (χ0v) is 10.00. The molecule has 1 aliphatic rings. The number of nitrogens with zero attached hydrogens (tertiary/aromatic N) is 1. The lowest BCUT2D eigenvalue weighted by atomic mass is 10.1. The predicted octanol–water partition coefficient (Wildman–Crippen LogP) is 3.15. The highest BCUT2D eigenvalue weighted by molar-refractivity contribution is 5.54. The molecule has 1 aromatic carbocycles. The Bertz CT molecular complexity index is 365. The van der Waals surface area contributed by atoms with Crippen molar-refractivity contribution in [3.63, 3.8) is 0 Å². The van der Waals surface area contributed by atoms with Gasteiger partial charge in [-0.1, -0.05) is 18.7 Å². The van der Waals surface area contributed by atoms with E-state index in [1.165, 1.54) is 42.7 Å². The minimum Gasteiger partial charge on any atom is -0.362 e. The van der Waals surface area contributed by atoms with Gasteiger partial charge in [0, 0.05) is 12.2 Å². The molecule has 1 aromatic rings. The molecular formula is C14H20N2. The number of anilines is 1. The lowest BCUT2D eigenvalue weighted by Crippen LogP contribution is -2.18. The zero-order chi connectivity index (χ0) is 11.4. The Morgan fingerprint density at radius 1 is 1.38 bits per heavy atom. The minimum absolute atomic E-state index is 1.08. The number of likely N-dealkylation sites (tertiary alicyclic amines) is 1. The number of rotatable bonds is 4. The Hall–Kier alpha value is -1.28. The van der Waals surface area contributed by atoms with Gasteiger partial charge in [-0.2, -0.15) is 0 Å². The number of nitrogens with one attached hydrogen (secondary N) is 1. The lowest BCUT2D eigenvalue weighted by Gasteiger charge is -2.16. The van der Waals surface area contributed by atoms with E-state index in [4.69, 9.17) is 0 Å². The monoisotopic (exact) mass is 216 g/mol. The second kappa shape index (κ2) is 5.17. The first kappa shape index (κ1) is 11.2. The molecule has 16 heavy (non-hydrogen) atoms. The van der Waals surface area contributed by atoms with Crippen molar-refractivity contribution < 1.29 is 0 Å². The molecule has 1 saturated heterocycles. The van der Waals surface area contributed by atoms with E-state index in [-0.39, 0.29) is 0 Å². The van der Waals surface area contributed by atoms with Gasteiger partial charge in [-0.15, -0.1) is 0 Å². The van der Waals surface area contributed by atoms with Crippen molar-refractivity contribution in [3.8, 4) is 0 Å². The molecule has 0 spiro atoms. The molecule has 0 saturated carbocycles. The summed E-state index contributed by atoms with van der Waals surface area (Å²) >= 11 is 0. The van der Waals surface area contributed by atoms with Crippen LogP contribution in [0.5, 0.6) is 0 Å². The quantitative estimate of drug-likeness (QED) is 0.831. The molecule has 0 aliphatic carbocycles. The van der Waals surface area contributed by atoms with Crippen molar-refractivity contribution in [1.29, 1.82) is 0 Å². The highest BCUT2D eigenvalue weighted by Gasteiger charge is 2.11. The third kappa shape index (κ3) is 2.64. The third-order valence-corrected chi connectivity index (χ3v) is 3.16. The topological polar surface area (TPSA) is 15.3 Å². The molecule has 1 fully saturated rings. The molecular weight excluding hydrogens is 196 g/mol. The smallest absolute Gasteiger partial charge is 0.0412 e. The van der Waals surface area contributed by atoms with E-state index in [9.17, 15) is 0 Å². The van der Waals surface area contributed by atoms with Crippen molar-refractivity contribution >= 4 is 5.69 Å². The fraction of sp³-hybridized carbons (Fsp3) is 0.429. The van der Waals surface area contributed by atoms with Crippen LogP contribution in [0.4, 0.5) is 5.69 Å². The van der Waals surface area contributed by atoms with Gasteiger partial charge in [-0.05, 0) is 56.2 Å². The highest BCUT2D eigenvalue weighted by atomic mass is 15.1. The van der Waals surface area contributed by atoms with Gasteiger partial charge in [0.15, 0.2) is 0 Å². The molecule has 2 rings (SSSR count). The molecule has 0 bridgehead atoms. The van der Waals surface area contributed by atoms with Gasteiger partial charge < -0.3 is 5.32 Å². The molecule has 0 radical (unpaired) electrons. The SMILES string of the molecule is C=CNc1cc(CN2CCCC2)ccc1C. The first-order chi connectivity index (χ1) is 7.79. The summed E-state index contributed by atoms with van der Waals surface area (Å²) in [6, 6.07) is 6.63. The second-order valence-corrected chi connectivity index (χ2v) is 4.48. The summed E-state index contributed by atoms with van der Waals surface area (Å²) in [5.74, 6) is 0. The van der Waals surface area contributed by atoms with Crippen LogP contribution in [0.3, 0.4) is 0 Å². The molecule has 0 aromatic heterocycles. The summed E-state index contributed by atoms with van der Waals surface area (Å²) in [6.45, 7) is 9.40. The van der Waals surface area contributed by atoms with Crippen LogP contribution in [0, 0.1) is 6.92 Å². The van der Waals surface area contributed by atoms with Crippen LogP contribution >= 0.6 is 0 Å². The number of aryl methyl sites for hydroxylation is 1. The van der Waals surface area contributed by atoms with Crippen molar-refractivity contribution in [2.24, 2.45) is 0 Å². The van der Waals surface area contributed by atoms with Gasteiger partial charge in [-0.25, -0.2) is 0 Å². The largest absolute Gasteiger partial charge is 0.362 e. The Balaban J connectivity index is 2.08. The van der Waals surface area contributed by atoms with E-state index < -0.39 is 0 Å². The molecule has 86 valence electrons. The number of benzene rings is 1. The standard InChI is InChI=1S/C14H20N2/c1-3-15-14-10-13(7-6-12(14)2)11-16-8-4-5-9-16/h3,6-7,10,15H,1,4-5,8-9,11H2,2H3. The highest BCUT2D eigenvalue weighted by Crippen LogP contribution is 2.19. The van der Waals surface area contributed by atoms with E-state index in [1.54, 1.807) is 6.20 Å². The summed E-state index contributed by atoms with van der Waals surface area (Å²) in [4.78, 5) is 2.52. The molecule has 0 amide bonds. The Kier molecular flexibility index (Phi) is 3.62. The maximum Gasteiger partial charge on any atom is 0.0412 e. The van der Waals surface area contributed by atoms with Gasteiger partial charge in [0.2, 0.25) is 0 Å². The predicted molar refractivity (Wildman–Crippen MR) is 69.5 cm³/mol. The summed E-state index contributed by atoms with van der Waals surface area (Å²) in [5, 5.41) is 3.19. The van der Waals surface area contributed by atoms with Gasteiger partial charge in [0.25, 0.3) is 0 Å². The summed E-state index contributed by atoms with van der Waals surface area (Å²) in [6.07, 6.45) is 4.44. The van der Waals surface area contributed by atoms with Gasteiger partial charge in [0.1, 0.15) is 0 Å². The van der Waals surface area contributed by atoms with E-state index in [0.29, 0.717) is 0 Å². The molecule has 2 nitrogen and oxygen atoms in total. The Morgan fingerprint density at radius 2 is 2.12 bits per heavy atom. The van der Waals surface area contributed by atoms with E-state index in [0.717, 1.165) is 6.54 Å². The van der Waals surface area contributed by atoms with Crippen molar-refractivity contribution in [3.05, 3.63) is 42.1 Å². The van der Waals surface area contributed by atoms with Crippen LogP contribution in [-0.2, 0) is 6.54 Å². The summed E-state index contributed by atoms with van der Waals surface area (Å²) < 4.78 is 0. The van der Waals surface area contributed by atoms with Crippen LogP contribution in [0.2, 0.25) is 0 Å². The van der Waals surface area contributed by atoms with Gasteiger partial charge in [0.05, 0.1) is 0 Å². The number of hydrogen-bond donors (Lipinski definition) is 1. The van der Waals surface area contributed by atoms with E-state index in [2.05, 4.69) is 41.9 Å². The average molecular weight is 216 g/mol. The second-order valence-electron chi connectivity index (χ2n) is 4.48. The van der Waals surface area contributed by atoms with Gasteiger partial charge in [-0.3, -0.25) is 4.90 Å². The lowest BCUT2D eigenvalue weighted by molar-refractivity contribution is 0.331. The fourth-order valence-corrected chi connectivity index (χ4v) is 2.23. The molecule has 1 heterocycles. The first-order valence-electron chi connectivity index (χ1n) is 5.99. The van der Waals surface area contributed by atoms with Crippen molar-refractivity contribution in [2.75, 3.05) is 18.4 Å². The van der Waals surface area contributed by atoms with Crippen LogP contribution in [0.1, 0.15) is 24.0 Å². The van der Waals surface area contributed by atoms with E-state index >= 15 is 0 Å². The molecule has 1 aliphatic heterocycles. The van der Waals surface area contributed by atoms with Crippen LogP contribution in [0.25, 0.3) is 0 Å². The van der Waals surface area contributed by atoms with Crippen LogP contribution < -0.4 is 5.32 Å². The maximum atomic E-state index is 3.71. The number of hydrogen-bond acceptors (Lipinski definition) is 2. The minimum atomic E-state index is 1.08. The van der Waals surface area contributed by atoms with Crippen LogP contribution in [-0.4, -0.2) is 18.0 Å². The average Bonchev–Trinajstić information content (AvgIpc) is 2.76. The first-order valence-corrected chi connectivity index (χ1v) is 5.99. The van der Waals surface area contributed by atoms with Crippen molar-refractivity contribution in [1.82, 2.24) is 4.90 Å². The fourth-order valence-electron chi connectivity index (χ4n) is 2.23. The van der Waals surface area contributed by atoms with E-state index in [1.807, 2.05) is 0 Å².